The zero-order valence-corrected chi connectivity index (χ0v) is 10.9. The molecule has 0 bridgehead atoms. The molecular formula is C12H19NO4. The highest BCUT2D eigenvalue weighted by Crippen LogP contribution is 2.53. The predicted molar refractivity (Wildman–Crippen MR) is 61.6 cm³/mol. The molecule has 0 N–H and O–H groups in total. The van der Waals surface area contributed by atoms with Gasteiger partial charge in [0.25, 0.3) is 0 Å². The van der Waals surface area contributed by atoms with Crippen LogP contribution in [0.3, 0.4) is 0 Å². The van der Waals surface area contributed by atoms with Gasteiger partial charge in [-0.2, -0.15) is 0 Å². The van der Waals surface area contributed by atoms with E-state index in [-0.39, 0.29) is 6.09 Å². The van der Waals surface area contributed by atoms with Crippen LogP contribution in [0.2, 0.25) is 0 Å². The Morgan fingerprint density at radius 1 is 1.24 bits per heavy atom. The summed E-state index contributed by atoms with van der Waals surface area (Å²) in [5, 5.41) is 0. The molecule has 1 aliphatic carbocycles. The minimum atomic E-state index is -0.746. The smallest absolute Gasteiger partial charge is 0.411 e. The van der Waals surface area contributed by atoms with Crippen LogP contribution in [0.1, 0.15) is 20.8 Å². The number of rotatable bonds is 2. The molecule has 1 saturated heterocycles. The lowest BCUT2D eigenvalue weighted by Gasteiger charge is -2.55. The van der Waals surface area contributed by atoms with E-state index in [2.05, 4.69) is 0 Å². The number of amides is 1. The number of methoxy groups -OCH3 is 2. The fourth-order valence-corrected chi connectivity index (χ4v) is 2.16. The fourth-order valence-electron chi connectivity index (χ4n) is 2.16. The van der Waals surface area contributed by atoms with E-state index in [4.69, 9.17) is 14.2 Å². The molecule has 17 heavy (non-hydrogen) atoms. The van der Waals surface area contributed by atoms with Crippen LogP contribution in [0.4, 0.5) is 4.79 Å². The summed E-state index contributed by atoms with van der Waals surface area (Å²) in [5.41, 5.74) is -1.04. The third-order valence-corrected chi connectivity index (χ3v) is 3.18. The summed E-state index contributed by atoms with van der Waals surface area (Å²) >= 11 is 0. The molecule has 1 heterocycles. The summed E-state index contributed by atoms with van der Waals surface area (Å²) in [7, 11) is 3.16. The SMILES string of the molecule is COC1(OC)CN(C(=O)OC(C)(C)C)C12C=C2. The van der Waals surface area contributed by atoms with Crippen molar-refractivity contribution >= 4 is 6.09 Å². The summed E-state index contributed by atoms with van der Waals surface area (Å²) in [6.45, 7) is 5.91. The summed E-state index contributed by atoms with van der Waals surface area (Å²) in [5.74, 6) is -0.746. The molecule has 1 spiro atoms. The van der Waals surface area contributed by atoms with Crippen LogP contribution in [0.25, 0.3) is 0 Å². The van der Waals surface area contributed by atoms with E-state index in [0.717, 1.165) is 0 Å². The predicted octanol–water partition coefficient (Wildman–Crippen LogP) is 1.53. The third-order valence-electron chi connectivity index (χ3n) is 3.18. The van der Waals surface area contributed by atoms with E-state index in [9.17, 15) is 4.79 Å². The van der Waals surface area contributed by atoms with E-state index in [1.165, 1.54) is 0 Å². The molecule has 0 aromatic carbocycles. The average molecular weight is 241 g/mol. The minimum absolute atomic E-state index is 0.341. The Hall–Kier alpha value is -1.07. The number of hydrogen-bond donors (Lipinski definition) is 0. The molecule has 0 unspecified atom stereocenters. The first-order valence-corrected chi connectivity index (χ1v) is 5.61. The Balaban J connectivity index is 2.06. The molecule has 0 radical (unpaired) electrons. The topological polar surface area (TPSA) is 48.0 Å². The highest BCUT2D eigenvalue weighted by atomic mass is 16.7. The summed E-state index contributed by atoms with van der Waals surface area (Å²) in [6, 6.07) is 0. The maximum absolute atomic E-state index is 12.0. The van der Waals surface area contributed by atoms with Crippen molar-refractivity contribution in [3.8, 4) is 0 Å². The van der Waals surface area contributed by atoms with Gasteiger partial charge in [-0.15, -0.1) is 0 Å². The molecule has 1 amide bonds. The molecule has 2 aliphatic rings. The minimum Gasteiger partial charge on any atom is -0.444 e. The Kier molecular flexibility index (Phi) is 2.52. The largest absolute Gasteiger partial charge is 0.444 e. The molecular weight excluding hydrogens is 222 g/mol. The number of carbonyl (C=O) groups excluding carboxylic acids is 1. The van der Waals surface area contributed by atoms with E-state index in [0.29, 0.717) is 6.54 Å². The van der Waals surface area contributed by atoms with Crippen molar-refractivity contribution < 1.29 is 19.0 Å². The Labute approximate surface area is 101 Å². The van der Waals surface area contributed by atoms with Gasteiger partial charge in [0.15, 0.2) is 0 Å². The van der Waals surface area contributed by atoms with Gasteiger partial charge in [0.2, 0.25) is 5.79 Å². The highest BCUT2D eigenvalue weighted by molar-refractivity contribution is 5.75. The standard InChI is InChI=1S/C12H19NO4/c1-10(2,3)17-9(14)13-8-12(15-4,16-5)11(13)6-7-11/h6-7H,8H2,1-5H3. The van der Waals surface area contributed by atoms with E-state index in [1.807, 2.05) is 32.9 Å². The molecule has 2 rings (SSSR count). The van der Waals surface area contributed by atoms with Gasteiger partial charge in [-0.3, -0.25) is 4.90 Å². The second kappa shape index (κ2) is 3.46. The Morgan fingerprint density at radius 3 is 2.12 bits per heavy atom. The molecule has 1 aliphatic heterocycles. The lowest BCUT2D eigenvalue weighted by Crippen LogP contribution is -2.76. The molecule has 0 aromatic heterocycles. The zero-order chi connectivity index (χ0) is 12.9. The number of carbonyl (C=O) groups is 1. The van der Waals surface area contributed by atoms with Crippen molar-refractivity contribution in [1.82, 2.24) is 4.90 Å². The molecule has 5 heteroatoms. The Morgan fingerprint density at radius 2 is 1.76 bits per heavy atom. The van der Waals surface area contributed by atoms with Crippen LogP contribution in [-0.2, 0) is 14.2 Å². The fraction of sp³-hybridized carbons (Fsp3) is 0.750. The zero-order valence-electron chi connectivity index (χ0n) is 10.9. The summed E-state index contributed by atoms with van der Waals surface area (Å²) in [6.07, 6.45) is 3.45. The quantitative estimate of drug-likeness (QED) is 0.543. The van der Waals surface area contributed by atoms with Crippen LogP contribution in [-0.4, -0.2) is 48.7 Å². The monoisotopic (exact) mass is 241 g/mol. The highest BCUT2D eigenvalue weighted by Gasteiger charge is 2.71. The van der Waals surface area contributed by atoms with Crippen molar-refractivity contribution in [1.29, 1.82) is 0 Å². The molecule has 0 atom stereocenters. The Bertz CT molecular complexity index is 359. The van der Waals surface area contributed by atoms with Crippen molar-refractivity contribution in [2.75, 3.05) is 20.8 Å². The maximum atomic E-state index is 12.0. The first-order chi connectivity index (χ1) is 7.80. The lowest BCUT2D eigenvalue weighted by atomic mass is 9.89. The van der Waals surface area contributed by atoms with E-state index >= 15 is 0 Å². The van der Waals surface area contributed by atoms with Gasteiger partial charge in [0.1, 0.15) is 11.1 Å². The van der Waals surface area contributed by atoms with E-state index < -0.39 is 16.9 Å². The van der Waals surface area contributed by atoms with Gasteiger partial charge in [-0.1, -0.05) is 12.2 Å². The maximum Gasteiger partial charge on any atom is 0.411 e. The van der Waals surface area contributed by atoms with Crippen LogP contribution < -0.4 is 0 Å². The number of hydrogen-bond acceptors (Lipinski definition) is 4. The second-order valence-electron chi connectivity index (χ2n) is 5.39. The summed E-state index contributed by atoms with van der Waals surface area (Å²) in [4.78, 5) is 13.6. The van der Waals surface area contributed by atoms with Crippen molar-refractivity contribution in [2.24, 2.45) is 0 Å². The van der Waals surface area contributed by atoms with Crippen LogP contribution >= 0.6 is 0 Å². The van der Waals surface area contributed by atoms with Crippen molar-refractivity contribution in [3.63, 3.8) is 0 Å². The van der Waals surface area contributed by atoms with Gasteiger partial charge in [0.05, 0.1) is 6.54 Å². The van der Waals surface area contributed by atoms with E-state index in [1.54, 1.807) is 19.1 Å². The molecule has 1 fully saturated rings. The second-order valence-corrected chi connectivity index (χ2v) is 5.39. The summed E-state index contributed by atoms with van der Waals surface area (Å²) < 4.78 is 16.1. The number of likely N-dealkylation sites (tertiary alicyclic amines) is 1. The van der Waals surface area contributed by atoms with Crippen molar-refractivity contribution in [2.45, 2.75) is 37.7 Å². The normalized spacial score (nSPS) is 23.5. The molecule has 96 valence electrons. The van der Waals surface area contributed by atoms with Gasteiger partial charge >= 0.3 is 6.09 Å². The van der Waals surface area contributed by atoms with Gasteiger partial charge in [-0.05, 0) is 20.8 Å². The lowest BCUT2D eigenvalue weighted by molar-refractivity contribution is -0.304. The van der Waals surface area contributed by atoms with Crippen LogP contribution in [0.5, 0.6) is 0 Å². The van der Waals surface area contributed by atoms with Crippen LogP contribution in [0.15, 0.2) is 12.2 Å². The molecule has 0 saturated carbocycles. The van der Waals surface area contributed by atoms with Crippen LogP contribution in [0, 0.1) is 0 Å². The van der Waals surface area contributed by atoms with Gasteiger partial charge in [0, 0.05) is 14.2 Å². The molecule has 5 nitrogen and oxygen atoms in total. The first kappa shape index (κ1) is 12.4. The average Bonchev–Trinajstić information content (AvgIpc) is 2.97. The van der Waals surface area contributed by atoms with Gasteiger partial charge < -0.3 is 14.2 Å². The number of ether oxygens (including phenoxy) is 3. The molecule has 0 aromatic rings. The van der Waals surface area contributed by atoms with Crippen molar-refractivity contribution in [3.05, 3.63) is 12.2 Å². The van der Waals surface area contributed by atoms with Gasteiger partial charge in [-0.25, -0.2) is 4.79 Å². The number of nitrogens with zero attached hydrogens (tertiary/aromatic N) is 1. The first-order valence-electron chi connectivity index (χ1n) is 5.61. The third kappa shape index (κ3) is 1.65.